The van der Waals surface area contributed by atoms with Gasteiger partial charge < -0.3 is 5.32 Å². The van der Waals surface area contributed by atoms with Gasteiger partial charge in [0.25, 0.3) is 0 Å². The third-order valence-electron chi connectivity index (χ3n) is 2.44. The van der Waals surface area contributed by atoms with E-state index in [-0.39, 0.29) is 12.1 Å². The van der Waals surface area contributed by atoms with E-state index in [1.807, 2.05) is 32.0 Å². The molecule has 0 unspecified atom stereocenters. The van der Waals surface area contributed by atoms with E-state index in [1.165, 1.54) is 0 Å². The molecule has 0 bridgehead atoms. The van der Waals surface area contributed by atoms with Gasteiger partial charge in [-0.15, -0.1) is 0 Å². The van der Waals surface area contributed by atoms with Gasteiger partial charge in [-0.25, -0.2) is 9.78 Å². The van der Waals surface area contributed by atoms with E-state index in [0.717, 1.165) is 18.7 Å². The Balaban J connectivity index is 2.14. The second-order valence-corrected chi connectivity index (χ2v) is 4.39. The van der Waals surface area contributed by atoms with E-state index in [4.69, 9.17) is 0 Å². The topological polar surface area (TPSA) is 45.2 Å². The molecule has 0 aromatic carbocycles. The molecule has 4 nitrogen and oxygen atoms in total. The largest absolute Gasteiger partial charge is 0.335 e. The number of pyridine rings is 1. The van der Waals surface area contributed by atoms with Crippen molar-refractivity contribution in [3.8, 4) is 0 Å². The lowest BCUT2D eigenvalue weighted by molar-refractivity contribution is 0.243. The van der Waals surface area contributed by atoms with Crippen LogP contribution in [0.4, 0.5) is 10.6 Å². The van der Waals surface area contributed by atoms with Crippen molar-refractivity contribution < 1.29 is 4.79 Å². The smallest absolute Gasteiger partial charge is 0.323 e. The average Bonchev–Trinajstić information content (AvgIpc) is 3.03. The molecule has 2 rings (SSSR count). The first kappa shape index (κ1) is 10.9. The Bertz CT molecular complexity index is 360. The Hall–Kier alpha value is -1.58. The Labute approximate surface area is 95.7 Å². The van der Waals surface area contributed by atoms with Crippen LogP contribution in [0.15, 0.2) is 24.4 Å². The van der Waals surface area contributed by atoms with Crippen molar-refractivity contribution in [1.29, 1.82) is 0 Å². The molecular formula is C12H17N3O. The molecule has 1 aromatic rings. The normalized spacial score (nSPS) is 14.9. The summed E-state index contributed by atoms with van der Waals surface area (Å²) in [6.45, 7) is 3.92. The van der Waals surface area contributed by atoms with Crippen LogP contribution in [0.3, 0.4) is 0 Å². The number of aromatic nitrogens is 1. The van der Waals surface area contributed by atoms with Crippen LogP contribution in [0.25, 0.3) is 0 Å². The van der Waals surface area contributed by atoms with Crippen molar-refractivity contribution in [3.63, 3.8) is 0 Å². The summed E-state index contributed by atoms with van der Waals surface area (Å²) >= 11 is 0. The van der Waals surface area contributed by atoms with Crippen molar-refractivity contribution in [1.82, 2.24) is 10.3 Å². The van der Waals surface area contributed by atoms with Crippen LogP contribution in [0.1, 0.15) is 26.7 Å². The lowest BCUT2D eigenvalue weighted by atomic mass is 10.4. The van der Waals surface area contributed by atoms with Gasteiger partial charge in [-0.2, -0.15) is 0 Å². The van der Waals surface area contributed by atoms with Crippen LogP contribution < -0.4 is 10.2 Å². The molecule has 0 saturated heterocycles. The number of hydrogen-bond acceptors (Lipinski definition) is 2. The molecule has 1 aliphatic rings. The molecule has 0 atom stereocenters. The lowest BCUT2D eigenvalue weighted by Crippen LogP contribution is -2.44. The second-order valence-electron chi connectivity index (χ2n) is 4.39. The van der Waals surface area contributed by atoms with E-state index >= 15 is 0 Å². The molecular weight excluding hydrogens is 202 g/mol. The molecule has 1 aliphatic carbocycles. The SMILES string of the molecule is CC(C)NC(=O)N(c1ccccn1)C1CC1. The van der Waals surface area contributed by atoms with Crippen molar-refractivity contribution >= 4 is 11.8 Å². The van der Waals surface area contributed by atoms with Gasteiger partial charge in [0.1, 0.15) is 5.82 Å². The number of urea groups is 1. The van der Waals surface area contributed by atoms with Gasteiger partial charge >= 0.3 is 6.03 Å². The fourth-order valence-corrected chi connectivity index (χ4v) is 1.60. The molecule has 86 valence electrons. The fourth-order valence-electron chi connectivity index (χ4n) is 1.60. The average molecular weight is 219 g/mol. The monoisotopic (exact) mass is 219 g/mol. The van der Waals surface area contributed by atoms with Gasteiger partial charge in [0, 0.05) is 18.3 Å². The van der Waals surface area contributed by atoms with Crippen LogP contribution in [0.2, 0.25) is 0 Å². The van der Waals surface area contributed by atoms with Crippen molar-refractivity contribution in [2.24, 2.45) is 0 Å². The van der Waals surface area contributed by atoms with Crippen LogP contribution in [-0.4, -0.2) is 23.1 Å². The van der Waals surface area contributed by atoms with Gasteiger partial charge in [-0.1, -0.05) is 6.07 Å². The number of hydrogen-bond donors (Lipinski definition) is 1. The number of carbonyl (C=O) groups excluding carboxylic acids is 1. The van der Waals surface area contributed by atoms with Gasteiger partial charge in [-0.05, 0) is 38.8 Å². The minimum Gasteiger partial charge on any atom is -0.335 e. The summed E-state index contributed by atoms with van der Waals surface area (Å²) in [5, 5.41) is 2.91. The Morgan fingerprint density at radius 1 is 1.50 bits per heavy atom. The first-order valence-electron chi connectivity index (χ1n) is 5.69. The molecule has 1 heterocycles. The molecule has 1 aromatic heterocycles. The summed E-state index contributed by atoms with van der Waals surface area (Å²) in [5.41, 5.74) is 0. The third kappa shape index (κ3) is 2.51. The maximum absolute atomic E-state index is 12.0. The number of amides is 2. The zero-order valence-corrected chi connectivity index (χ0v) is 9.68. The van der Waals surface area contributed by atoms with Crippen LogP contribution >= 0.6 is 0 Å². The number of anilines is 1. The van der Waals surface area contributed by atoms with Crippen LogP contribution in [-0.2, 0) is 0 Å². The number of carbonyl (C=O) groups is 1. The Kier molecular flexibility index (Phi) is 3.08. The summed E-state index contributed by atoms with van der Waals surface area (Å²) in [5.74, 6) is 0.739. The summed E-state index contributed by atoms with van der Waals surface area (Å²) < 4.78 is 0. The van der Waals surface area contributed by atoms with E-state index in [1.54, 1.807) is 11.1 Å². The highest BCUT2D eigenvalue weighted by molar-refractivity contribution is 5.92. The van der Waals surface area contributed by atoms with E-state index in [9.17, 15) is 4.79 Å². The standard InChI is InChI=1S/C12H17N3O/c1-9(2)14-12(16)15(10-6-7-10)11-5-3-4-8-13-11/h3-5,8-10H,6-7H2,1-2H3,(H,14,16). The molecule has 2 amide bonds. The third-order valence-corrected chi connectivity index (χ3v) is 2.44. The maximum atomic E-state index is 12.0. The van der Waals surface area contributed by atoms with E-state index in [2.05, 4.69) is 10.3 Å². The highest BCUT2D eigenvalue weighted by Crippen LogP contribution is 2.30. The summed E-state index contributed by atoms with van der Waals surface area (Å²) in [7, 11) is 0. The predicted molar refractivity (Wildman–Crippen MR) is 63.4 cm³/mol. The molecule has 1 N–H and O–H groups in total. The maximum Gasteiger partial charge on any atom is 0.323 e. The number of nitrogens with one attached hydrogen (secondary N) is 1. The second kappa shape index (κ2) is 4.51. The van der Waals surface area contributed by atoms with E-state index < -0.39 is 0 Å². The molecule has 0 aliphatic heterocycles. The van der Waals surface area contributed by atoms with Gasteiger partial charge in [0.05, 0.1) is 0 Å². The highest BCUT2D eigenvalue weighted by atomic mass is 16.2. The van der Waals surface area contributed by atoms with Crippen LogP contribution in [0.5, 0.6) is 0 Å². The zero-order chi connectivity index (χ0) is 11.5. The minimum atomic E-state index is -0.0452. The predicted octanol–water partition coefficient (Wildman–Crippen LogP) is 2.17. The fraction of sp³-hybridized carbons (Fsp3) is 0.500. The summed E-state index contributed by atoms with van der Waals surface area (Å²) in [6.07, 6.45) is 3.86. The van der Waals surface area contributed by atoms with Gasteiger partial charge in [0.15, 0.2) is 0 Å². The first-order valence-corrected chi connectivity index (χ1v) is 5.69. The molecule has 16 heavy (non-hydrogen) atoms. The summed E-state index contributed by atoms with van der Waals surface area (Å²) in [6, 6.07) is 6.07. The molecule has 0 spiro atoms. The van der Waals surface area contributed by atoms with Gasteiger partial charge in [0.2, 0.25) is 0 Å². The molecule has 0 radical (unpaired) electrons. The first-order chi connectivity index (χ1) is 7.68. The lowest BCUT2D eigenvalue weighted by Gasteiger charge is -2.23. The van der Waals surface area contributed by atoms with E-state index in [0.29, 0.717) is 6.04 Å². The van der Waals surface area contributed by atoms with Crippen molar-refractivity contribution in [2.75, 3.05) is 4.90 Å². The highest BCUT2D eigenvalue weighted by Gasteiger charge is 2.34. The van der Waals surface area contributed by atoms with Crippen molar-refractivity contribution in [2.45, 2.75) is 38.8 Å². The Morgan fingerprint density at radius 3 is 2.75 bits per heavy atom. The van der Waals surface area contributed by atoms with Crippen molar-refractivity contribution in [3.05, 3.63) is 24.4 Å². The number of nitrogens with zero attached hydrogens (tertiary/aromatic N) is 2. The van der Waals surface area contributed by atoms with Crippen LogP contribution in [0, 0.1) is 0 Å². The molecule has 1 saturated carbocycles. The Morgan fingerprint density at radius 2 is 2.25 bits per heavy atom. The zero-order valence-electron chi connectivity index (χ0n) is 9.68. The minimum absolute atomic E-state index is 0.0452. The number of rotatable bonds is 3. The molecule has 4 heteroatoms. The molecule has 1 fully saturated rings. The quantitative estimate of drug-likeness (QED) is 0.846. The van der Waals surface area contributed by atoms with Gasteiger partial charge in [-0.3, -0.25) is 4.90 Å². The summed E-state index contributed by atoms with van der Waals surface area (Å²) in [4.78, 5) is 18.0.